The van der Waals surface area contributed by atoms with E-state index in [9.17, 15) is 0 Å². The number of alkyl halides is 4. The number of fused-ring (bicyclic) bond motifs is 1. The lowest BCUT2D eigenvalue weighted by molar-refractivity contribution is 0.207. The van der Waals surface area contributed by atoms with E-state index in [2.05, 4.69) is 0 Å². The Balaban J connectivity index is 1.94. The molecule has 3 aliphatic carbocycles. The Morgan fingerprint density at radius 3 is 1.12 bits per heavy atom. The summed E-state index contributed by atoms with van der Waals surface area (Å²) < 4.78 is -1.15. The molecule has 0 nitrogen and oxygen atoms in total. The topological polar surface area (TPSA) is 0 Å². The largest absolute Gasteiger partial charge is 0.125 e. The highest BCUT2D eigenvalue weighted by molar-refractivity contribution is 6.54. The van der Waals surface area contributed by atoms with E-state index >= 15 is 0 Å². The molecule has 2 spiro atoms. The maximum Gasteiger partial charge on any atom is 0.125 e. The molecule has 92 valence electrons. The van der Waals surface area contributed by atoms with E-state index in [0.29, 0.717) is 0 Å². The molecule has 0 bridgehead atoms. The van der Waals surface area contributed by atoms with Gasteiger partial charge in [0.15, 0.2) is 0 Å². The van der Waals surface area contributed by atoms with E-state index in [0.717, 1.165) is 25.7 Å². The summed E-state index contributed by atoms with van der Waals surface area (Å²) in [5.74, 6) is 0. The third-order valence-corrected chi connectivity index (χ3v) is 7.05. The average molecular weight is 302 g/mol. The minimum atomic E-state index is -0.574. The van der Waals surface area contributed by atoms with Gasteiger partial charge < -0.3 is 0 Å². The van der Waals surface area contributed by atoms with Gasteiger partial charge in [0.2, 0.25) is 0 Å². The Morgan fingerprint density at radius 1 is 0.562 bits per heavy atom. The monoisotopic (exact) mass is 300 g/mol. The Morgan fingerprint density at radius 2 is 0.875 bits per heavy atom. The molecule has 3 rings (SSSR count). The van der Waals surface area contributed by atoms with Crippen LogP contribution in [0.3, 0.4) is 0 Å². The fourth-order valence-electron chi connectivity index (χ4n) is 3.94. The van der Waals surface area contributed by atoms with Crippen LogP contribution in [0.5, 0.6) is 0 Å². The van der Waals surface area contributed by atoms with Crippen LogP contribution in [0.4, 0.5) is 0 Å². The van der Waals surface area contributed by atoms with Crippen LogP contribution in [-0.4, -0.2) is 8.67 Å². The predicted octanol–water partition coefficient (Wildman–Crippen LogP) is 5.47. The third-order valence-electron chi connectivity index (χ3n) is 5.07. The highest BCUT2D eigenvalue weighted by Crippen LogP contribution is 2.87. The Hall–Kier alpha value is 1.16. The van der Waals surface area contributed by atoms with E-state index < -0.39 is 8.67 Å². The zero-order valence-corrected chi connectivity index (χ0v) is 12.2. The molecule has 2 unspecified atom stereocenters. The maximum atomic E-state index is 6.40. The molecule has 0 aromatic rings. The fourth-order valence-corrected chi connectivity index (χ4v) is 5.95. The molecule has 0 aromatic carbocycles. The van der Waals surface area contributed by atoms with E-state index in [1.165, 1.54) is 25.7 Å². The van der Waals surface area contributed by atoms with Crippen LogP contribution in [0.15, 0.2) is 0 Å². The Kier molecular flexibility index (Phi) is 2.58. The van der Waals surface area contributed by atoms with Crippen molar-refractivity contribution < 1.29 is 0 Å². The van der Waals surface area contributed by atoms with Gasteiger partial charge in [0, 0.05) is 10.8 Å². The Labute approximate surface area is 117 Å². The number of hydrogen-bond acceptors (Lipinski definition) is 0. The molecular weight excluding hydrogens is 286 g/mol. The molecule has 0 heterocycles. The molecule has 3 aliphatic rings. The van der Waals surface area contributed by atoms with Gasteiger partial charge in [-0.2, -0.15) is 0 Å². The first-order chi connectivity index (χ1) is 7.37. The van der Waals surface area contributed by atoms with Gasteiger partial charge in [0.05, 0.1) is 0 Å². The van der Waals surface area contributed by atoms with Crippen LogP contribution in [0.2, 0.25) is 0 Å². The van der Waals surface area contributed by atoms with Crippen molar-refractivity contribution in [2.45, 2.75) is 60.0 Å². The van der Waals surface area contributed by atoms with Gasteiger partial charge in [0.1, 0.15) is 8.67 Å². The quantitative estimate of drug-likeness (QED) is 0.521. The van der Waals surface area contributed by atoms with Crippen LogP contribution < -0.4 is 0 Å². The number of hydrogen-bond donors (Lipinski definition) is 0. The van der Waals surface area contributed by atoms with Crippen LogP contribution in [-0.2, 0) is 0 Å². The van der Waals surface area contributed by atoms with Crippen LogP contribution >= 0.6 is 46.4 Å². The van der Waals surface area contributed by atoms with Gasteiger partial charge in [-0.3, -0.25) is 0 Å². The molecule has 16 heavy (non-hydrogen) atoms. The molecule has 2 atom stereocenters. The molecule has 0 saturated heterocycles. The molecule has 0 radical (unpaired) electrons. The van der Waals surface area contributed by atoms with Gasteiger partial charge in [-0.05, 0) is 25.7 Å². The lowest BCUT2D eigenvalue weighted by atomic mass is 9.75. The summed E-state index contributed by atoms with van der Waals surface area (Å²) >= 11 is 25.6. The van der Waals surface area contributed by atoms with Crippen LogP contribution in [0, 0.1) is 10.8 Å². The zero-order valence-electron chi connectivity index (χ0n) is 9.17. The normalized spacial score (nSPS) is 48.8. The van der Waals surface area contributed by atoms with E-state index in [1.807, 2.05) is 0 Å². The van der Waals surface area contributed by atoms with Crippen molar-refractivity contribution in [3.63, 3.8) is 0 Å². The summed E-state index contributed by atoms with van der Waals surface area (Å²) in [4.78, 5) is 0. The zero-order chi connectivity index (χ0) is 11.7. The van der Waals surface area contributed by atoms with Gasteiger partial charge >= 0.3 is 0 Å². The van der Waals surface area contributed by atoms with Crippen molar-refractivity contribution >= 4 is 46.4 Å². The van der Waals surface area contributed by atoms with Crippen molar-refractivity contribution in [2.24, 2.45) is 10.8 Å². The highest BCUT2D eigenvalue weighted by atomic mass is 35.5. The van der Waals surface area contributed by atoms with Gasteiger partial charge in [-0.25, -0.2) is 0 Å². The smallest absolute Gasteiger partial charge is 0.101 e. The first-order valence-corrected chi connectivity index (χ1v) is 7.64. The van der Waals surface area contributed by atoms with Crippen molar-refractivity contribution in [3.05, 3.63) is 0 Å². The van der Waals surface area contributed by atoms with E-state index in [1.54, 1.807) is 0 Å². The second kappa shape index (κ2) is 3.38. The Bertz CT molecular complexity index is 293. The standard InChI is InChI=1S/C12H16Cl4/c13-11(14)7-9(11)5-3-1-2-4-6-10(9)8-12(10,15)16/h1-8H2. The minimum Gasteiger partial charge on any atom is -0.101 e. The minimum absolute atomic E-state index is 0.00698. The van der Waals surface area contributed by atoms with Gasteiger partial charge in [0.25, 0.3) is 0 Å². The van der Waals surface area contributed by atoms with Crippen LogP contribution in [0.1, 0.15) is 51.4 Å². The lowest BCUT2D eigenvalue weighted by Crippen LogP contribution is -2.29. The predicted molar refractivity (Wildman–Crippen MR) is 70.7 cm³/mol. The lowest BCUT2D eigenvalue weighted by Gasteiger charge is -2.32. The molecule has 3 saturated carbocycles. The molecule has 0 N–H and O–H groups in total. The van der Waals surface area contributed by atoms with Gasteiger partial charge in [-0.1, -0.05) is 25.7 Å². The maximum absolute atomic E-state index is 6.40. The molecule has 3 fully saturated rings. The summed E-state index contributed by atoms with van der Waals surface area (Å²) in [6.07, 6.45) is 8.97. The number of halogens is 4. The average Bonchev–Trinajstić information content (AvgIpc) is 2.91. The molecule has 0 amide bonds. The molecular formula is C12H16Cl4. The van der Waals surface area contributed by atoms with Crippen LogP contribution in [0.25, 0.3) is 0 Å². The molecule has 4 heteroatoms. The first-order valence-electron chi connectivity index (χ1n) is 6.13. The van der Waals surface area contributed by atoms with E-state index in [-0.39, 0.29) is 10.8 Å². The van der Waals surface area contributed by atoms with Crippen molar-refractivity contribution in [1.82, 2.24) is 0 Å². The summed E-state index contributed by atoms with van der Waals surface area (Å²) in [5.41, 5.74) is 0.0140. The second-order valence-electron chi connectivity index (χ2n) is 5.84. The molecule has 0 aromatic heterocycles. The second-order valence-corrected chi connectivity index (χ2v) is 8.81. The van der Waals surface area contributed by atoms with Crippen molar-refractivity contribution in [2.75, 3.05) is 0 Å². The summed E-state index contributed by atoms with van der Waals surface area (Å²) in [7, 11) is 0. The molecule has 0 aliphatic heterocycles. The summed E-state index contributed by atoms with van der Waals surface area (Å²) in [5, 5.41) is 0. The number of rotatable bonds is 0. The fraction of sp³-hybridized carbons (Fsp3) is 1.00. The summed E-state index contributed by atoms with van der Waals surface area (Å²) in [6.45, 7) is 0. The van der Waals surface area contributed by atoms with E-state index in [4.69, 9.17) is 46.4 Å². The van der Waals surface area contributed by atoms with Crippen molar-refractivity contribution in [1.29, 1.82) is 0 Å². The van der Waals surface area contributed by atoms with Crippen molar-refractivity contribution in [3.8, 4) is 0 Å². The first kappa shape index (κ1) is 12.2. The highest BCUT2D eigenvalue weighted by Gasteiger charge is 2.85. The van der Waals surface area contributed by atoms with Gasteiger partial charge in [-0.15, -0.1) is 46.4 Å². The third kappa shape index (κ3) is 1.37. The SMILES string of the molecule is ClC1(Cl)CC12CCCCCCC21CC1(Cl)Cl. The summed E-state index contributed by atoms with van der Waals surface area (Å²) in [6, 6.07) is 0.